The third-order valence-electron chi connectivity index (χ3n) is 4.05. The molecule has 1 aromatic rings. The number of thioether (sulfide) groups is 1. The van der Waals surface area contributed by atoms with E-state index >= 15 is 0 Å². The first-order valence-electron chi connectivity index (χ1n) is 6.69. The quantitative estimate of drug-likeness (QED) is 0.843. The van der Waals surface area contributed by atoms with Crippen LogP contribution in [0.2, 0.25) is 5.02 Å². The smallest absolute Gasteiger partial charge is 0.0406 e. The minimum absolute atomic E-state index is 0.395. The molecule has 0 amide bonds. The molecular formula is C15H22ClNS. The van der Waals surface area contributed by atoms with Crippen LogP contribution in [0.3, 0.4) is 0 Å². The topological polar surface area (TPSA) is 12.0 Å². The molecule has 0 heterocycles. The first-order valence-corrected chi connectivity index (χ1v) is 8.29. The highest BCUT2D eigenvalue weighted by Crippen LogP contribution is 2.39. The average molecular weight is 284 g/mol. The van der Waals surface area contributed by atoms with Crippen LogP contribution in [0.4, 0.5) is 0 Å². The molecule has 2 rings (SSSR count). The maximum absolute atomic E-state index is 5.92. The molecule has 18 heavy (non-hydrogen) atoms. The lowest BCUT2D eigenvalue weighted by Gasteiger charge is -2.29. The molecule has 1 fully saturated rings. The van der Waals surface area contributed by atoms with Gasteiger partial charge in [0.1, 0.15) is 0 Å². The highest BCUT2D eigenvalue weighted by atomic mass is 35.5. The van der Waals surface area contributed by atoms with Gasteiger partial charge < -0.3 is 5.32 Å². The van der Waals surface area contributed by atoms with Crippen molar-refractivity contribution >= 4 is 23.4 Å². The summed E-state index contributed by atoms with van der Waals surface area (Å²) in [6.07, 6.45) is 7.73. The Morgan fingerprint density at radius 3 is 2.44 bits per heavy atom. The Hall–Kier alpha value is -0.180. The van der Waals surface area contributed by atoms with Gasteiger partial charge in [-0.15, -0.1) is 0 Å². The molecule has 1 saturated carbocycles. The number of halogens is 1. The predicted octanol–water partition coefficient (Wildman–Crippen LogP) is 4.67. The van der Waals surface area contributed by atoms with Gasteiger partial charge in [0.15, 0.2) is 0 Å². The maximum atomic E-state index is 5.92. The summed E-state index contributed by atoms with van der Waals surface area (Å²) in [4.78, 5) is 0. The molecule has 0 aromatic heterocycles. The molecule has 1 nitrogen and oxygen atoms in total. The van der Waals surface area contributed by atoms with Crippen molar-refractivity contribution in [3.05, 3.63) is 34.9 Å². The lowest BCUT2D eigenvalue weighted by Crippen LogP contribution is -2.36. The summed E-state index contributed by atoms with van der Waals surface area (Å²) < 4.78 is 0.473. The zero-order chi connectivity index (χ0) is 13.0. The van der Waals surface area contributed by atoms with Crippen LogP contribution in [-0.2, 0) is 0 Å². The third-order valence-corrected chi connectivity index (χ3v) is 5.72. The Morgan fingerprint density at radius 1 is 1.28 bits per heavy atom. The second-order valence-corrected chi connectivity index (χ2v) is 6.96. The van der Waals surface area contributed by atoms with E-state index in [1.54, 1.807) is 0 Å². The molecule has 1 unspecified atom stereocenters. The molecule has 1 aliphatic rings. The Labute approximate surface area is 120 Å². The van der Waals surface area contributed by atoms with E-state index in [0.717, 1.165) is 11.6 Å². The molecule has 0 aliphatic heterocycles. The van der Waals surface area contributed by atoms with Gasteiger partial charge in [0.25, 0.3) is 0 Å². The molecule has 0 saturated heterocycles. The van der Waals surface area contributed by atoms with E-state index in [2.05, 4.69) is 30.6 Å². The van der Waals surface area contributed by atoms with Crippen LogP contribution in [0.15, 0.2) is 24.3 Å². The minimum Gasteiger partial charge on any atom is -0.309 e. The SMILES string of the molecule is CSC1(CNC(C)c2ccc(Cl)cc2)CCCC1. The monoisotopic (exact) mass is 283 g/mol. The van der Waals surface area contributed by atoms with Crippen molar-refractivity contribution in [3.63, 3.8) is 0 Å². The number of hydrogen-bond acceptors (Lipinski definition) is 2. The highest BCUT2D eigenvalue weighted by Gasteiger charge is 2.32. The maximum Gasteiger partial charge on any atom is 0.0406 e. The number of rotatable bonds is 5. The zero-order valence-electron chi connectivity index (χ0n) is 11.2. The molecule has 1 N–H and O–H groups in total. The van der Waals surface area contributed by atoms with Crippen LogP contribution in [0.25, 0.3) is 0 Å². The summed E-state index contributed by atoms with van der Waals surface area (Å²) in [5.74, 6) is 0. The number of hydrogen-bond donors (Lipinski definition) is 1. The van der Waals surface area contributed by atoms with Crippen molar-refractivity contribution in [1.29, 1.82) is 0 Å². The van der Waals surface area contributed by atoms with Crippen molar-refractivity contribution in [2.45, 2.75) is 43.4 Å². The summed E-state index contributed by atoms with van der Waals surface area (Å²) in [6.45, 7) is 3.34. The standard InChI is InChI=1S/C15H22ClNS/c1-12(13-5-7-14(16)8-6-13)17-11-15(18-2)9-3-4-10-15/h5-8,12,17H,3-4,9-11H2,1-2H3. The molecule has 1 aliphatic carbocycles. The Bertz CT molecular complexity index is 371. The first kappa shape index (κ1) is 14.2. The molecule has 100 valence electrons. The summed E-state index contributed by atoms with van der Waals surface area (Å²) in [6, 6.07) is 8.55. The normalized spacial score (nSPS) is 19.9. The lowest BCUT2D eigenvalue weighted by atomic mass is 10.0. The number of benzene rings is 1. The Kier molecular flexibility index (Phi) is 4.99. The van der Waals surface area contributed by atoms with E-state index < -0.39 is 0 Å². The fraction of sp³-hybridized carbons (Fsp3) is 0.600. The Balaban J connectivity index is 1.91. The first-order chi connectivity index (χ1) is 8.65. The van der Waals surface area contributed by atoms with E-state index in [9.17, 15) is 0 Å². The van der Waals surface area contributed by atoms with Crippen molar-refractivity contribution in [2.75, 3.05) is 12.8 Å². The molecule has 0 bridgehead atoms. The van der Waals surface area contributed by atoms with Gasteiger partial charge in [-0.3, -0.25) is 0 Å². The summed E-state index contributed by atoms with van der Waals surface area (Å²) in [5.41, 5.74) is 1.31. The van der Waals surface area contributed by atoms with E-state index in [0.29, 0.717) is 10.8 Å². The largest absolute Gasteiger partial charge is 0.309 e. The molecule has 1 aromatic carbocycles. The zero-order valence-corrected chi connectivity index (χ0v) is 12.8. The number of nitrogens with one attached hydrogen (secondary N) is 1. The molecule has 1 atom stereocenters. The van der Waals surface area contributed by atoms with E-state index in [-0.39, 0.29) is 0 Å². The van der Waals surface area contributed by atoms with Crippen LogP contribution in [0.1, 0.15) is 44.2 Å². The summed E-state index contributed by atoms with van der Waals surface area (Å²) in [5, 5.41) is 4.50. The highest BCUT2D eigenvalue weighted by molar-refractivity contribution is 8.00. The van der Waals surface area contributed by atoms with Gasteiger partial charge in [0, 0.05) is 22.4 Å². The van der Waals surface area contributed by atoms with Crippen LogP contribution < -0.4 is 5.32 Å². The summed E-state index contributed by atoms with van der Waals surface area (Å²) >= 11 is 7.95. The van der Waals surface area contributed by atoms with Gasteiger partial charge in [-0.05, 0) is 43.7 Å². The molecule has 3 heteroatoms. The summed E-state index contributed by atoms with van der Waals surface area (Å²) in [7, 11) is 0. The Morgan fingerprint density at radius 2 is 1.89 bits per heavy atom. The fourth-order valence-electron chi connectivity index (χ4n) is 2.68. The van der Waals surface area contributed by atoms with Gasteiger partial charge in [-0.1, -0.05) is 36.6 Å². The van der Waals surface area contributed by atoms with Gasteiger partial charge in [-0.25, -0.2) is 0 Å². The van der Waals surface area contributed by atoms with E-state index in [1.807, 2.05) is 23.9 Å². The van der Waals surface area contributed by atoms with Crippen molar-refractivity contribution in [1.82, 2.24) is 5.32 Å². The molecule has 0 radical (unpaired) electrons. The van der Waals surface area contributed by atoms with Crippen LogP contribution in [0.5, 0.6) is 0 Å². The second-order valence-electron chi connectivity index (χ2n) is 5.25. The van der Waals surface area contributed by atoms with Gasteiger partial charge >= 0.3 is 0 Å². The van der Waals surface area contributed by atoms with Crippen molar-refractivity contribution in [2.24, 2.45) is 0 Å². The van der Waals surface area contributed by atoms with Gasteiger partial charge in [0.05, 0.1) is 0 Å². The minimum atomic E-state index is 0.395. The van der Waals surface area contributed by atoms with E-state index in [4.69, 9.17) is 11.6 Å². The van der Waals surface area contributed by atoms with Crippen molar-refractivity contribution in [3.8, 4) is 0 Å². The average Bonchev–Trinajstić information content (AvgIpc) is 2.86. The second kappa shape index (κ2) is 6.31. The van der Waals surface area contributed by atoms with Crippen LogP contribution in [0, 0.1) is 0 Å². The van der Waals surface area contributed by atoms with Crippen molar-refractivity contribution < 1.29 is 0 Å². The molecule has 0 spiro atoms. The van der Waals surface area contributed by atoms with Gasteiger partial charge in [0.2, 0.25) is 0 Å². The van der Waals surface area contributed by atoms with Crippen LogP contribution in [-0.4, -0.2) is 17.5 Å². The third kappa shape index (κ3) is 3.43. The lowest BCUT2D eigenvalue weighted by molar-refractivity contribution is 0.486. The predicted molar refractivity (Wildman–Crippen MR) is 82.6 cm³/mol. The molecular weight excluding hydrogens is 262 g/mol. The van der Waals surface area contributed by atoms with Gasteiger partial charge in [-0.2, -0.15) is 11.8 Å². The van der Waals surface area contributed by atoms with Crippen LogP contribution >= 0.6 is 23.4 Å². The van der Waals surface area contributed by atoms with E-state index in [1.165, 1.54) is 31.2 Å². The fourth-order valence-corrected chi connectivity index (χ4v) is 3.73.